The first-order valence-electron chi connectivity index (χ1n) is 6.49. The summed E-state index contributed by atoms with van der Waals surface area (Å²) in [4.78, 5) is 11.3. The Kier molecular flexibility index (Phi) is 8.11. The monoisotopic (exact) mass is 339 g/mol. The molecule has 0 heterocycles. The van der Waals surface area contributed by atoms with Gasteiger partial charge in [0.1, 0.15) is 6.04 Å². The molecule has 1 rings (SSSR count). The quantitative estimate of drug-likeness (QED) is 0.773. The number of carbonyl (C=O) groups is 1. The normalized spacial score (nSPS) is 12.1. The Morgan fingerprint density at radius 2 is 1.91 bits per heavy atom. The van der Waals surface area contributed by atoms with E-state index in [9.17, 15) is 13.6 Å². The molecule has 0 spiro atoms. The fourth-order valence-corrected chi connectivity index (χ4v) is 1.72. The van der Waals surface area contributed by atoms with Crippen LogP contribution in [0.15, 0.2) is 18.2 Å². The van der Waals surface area contributed by atoms with Crippen LogP contribution in [0.4, 0.5) is 8.78 Å². The maximum atomic E-state index is 13.9. The first-order valence-corrected chi connectivity index (χ1v) is 6.49. The summed E-state index contributed by atoms with van der Waals surface area (Å²) in [5, 5.41) is 0. The highest BCUT2D eigenvalue weighted by Gasteiger charge is 2.47. The van der Waals surface area contributed by atoms with Crippen molar-refractivity contribution >= 4 is 18.4 Å². The lowest BCUT2D eigenvalue weighted by Crippen LogP contribution is -2.41. The molecule has 1 atom stereocenters. The Bertz CT molecular complexity index is 500. The highest BCUT2D eigenvalue weighted by Crippen LogP contribution is 2.35. The third kappa shape index (κ3) is 4.45. The van der Waals surface area contributed by atoms with Gasteiger partial charge in [-0.05, 0) is 31.5 Å². The van der Waals surface area contributed by atoms with Crippen molar-refractivity contribution in [3.05, 3.63) is 23.8 Å². The van der Waals surface area contributed by atoms with Crippen LogP contribution < -0.4 is 15.2 Å². The molecule has 2 N–H and O–H groups in total. The van der Waals surface area contributed by atoms with Gasteiger partial charge in [-0.2, -0.15) is 8.78 Å². The third-order valence-corrected chi connectivity index (χ3v) is 2.78. The molecular formula is C14H20ClF2NO4. The average molecular weight is 340 g/mol. The minimum absolute atomic E-state index is 0. The summed E-state index contributed by atoms with van der Waals surface area (Å²) in [5.74, 6) is -4.79. The van der Waals surface area contributed by atoms with Crippen molar-refractivity contribution in [1.82, 2.24) is 0 Å². The van der Waals surface area contributed by atoms with Crippen LogP contribution in [0.1, 0.15) is 25.5 Å². The van der Waals surface area contributed by atoms with E-state index < -0.39 is 17.9 Å². The Morgan fingerprint density at radius 3 is 2.41 bits per heavy atom. The van der Waals surface area contributed by atoms with Crippen molar-refractivity contribution < 1.29 is 27.8 Å². The lowest BCUT2D eigenvalue weighted by Gasteiger charge is -2.22. The Balaban J connectivity index is 0.00000441. The maximum absolute atomic E-state index is 13.9. The van der Waals surface area contributed by atoms with E-state index in [2.05, 4.69) is 4.74 Å². The number of methoxy groups -OCH3 is 1. The van der Waals surface area contributed by atoms with Crippen molar-refractivity contribution in [3.63, 3.8) is 0 Å². The van der Waals surface area contributed by atoms with Gasteiger partial charge in [0.2, 0.25) is 0 Å². The lowest BCUT2D eigenvalue weighted by molar-refractivity contribution is -0.174. The number of nitrogens with two attached hydrogens (primary N) is 1. The number of rotatable bonds is 7. The van der Waals surface area contributed by atoms with Crippen LogP contribution in [0.2, 0.25) is 0 Å². The molecular weight excluding hydrogens is 320 g/mol. The predicted molar refractivity (Wildman–Crippen MR) is 79.9 cm³/mol. The van der Waals surface area contributed by atoms with Gasteiger partial charge < -0.3 is 19.9 Å². The Labute approximate surface area is 134 Å². The molecule has 0 bridgehead atoms. The van der Waals surface area contributed by atoms with E-state index in [-0.39, 0.29) is 30.3 Å². The topological polar surface area (TPSA) is 70.8 Å². The van der Waals surface area contributed by atoms with E-state index >= 15 is 0 Å². The number of halogens is 3. The van der Waals surface area contributed by atoms with Gasteiger partial charge in [0.05, 0.1) is 20.3 Å². The van der Waals surface area contributed by atoms with E-state index in [1.54, 1.807) is 6.92 Å². The number of esters is 1. The van der Waals surface area contributed by atoms with E-state index in [4.69, 9.17) is 15.2 Å². The fourth-order valence-electron chi connectivity index (χ4n) is 1.72. The molecule has 0 aromatic heterocycles. The number of hydrogen-bond acceptors (Lipinski definition) is 5. The largest absolute Gasteiger partial charge is 0.493 e. The zero-order chi connectivity index (χ0) is 16.0. The van der Waals surface area contributed by atoms with Gasteiger partial charge in [-0.1, -0.05) is 6.07 Å². The Morgan fingerprint density at radius 1 is 1.27 bits per heavy atom. The highest BCUT2D eigenvalue weighted by atomic mass is 35.5. The summed E-state index contributed by atoms with van der Waals surface area (Å²) in [6.45, 7) is 3.49. The zero-order valence-electron chi connectivity index (χ0n) is 12.6. The van der Waals surface area contributed by atoms with Gasteiger partial charge in [0.25, 0.3) is 0 Å². The van der Waals surface area contributed by atoms with E-state index in [0.717, 1.165) is 0 Å². The molecule has 5 nitrogen and oxygen atoms in total. The maximum Gasteiger partial charge on any atom is 0.379 e. The minimum atomic E-state index is -3.83. The number of hydrogen-bond donors (Lipinski definition) is 1. The predicted octanol–water partition coefficient (Wildman–Crippen LogP) is 2.71. The van der Waals surface area contributed by atoms with Crippen molar-refractivity contribution in [2.75, 3.05) is 20.3 Å². The molecule has 22 heavy (non-hydrogen) atoms. The molecule has 0 radical (unpaired) electrons. The van der Waals surface area contributed by atoms with Crippen molar-refractivity contribution in [3.8, 4) is 11.5 Å². The smallest absolute Gasteiger partial charge is 0.379 e. The lowest BCUT2D eigenvalue weighted by atomic mass is 10.0. The summed E-state index contributed by atoms with van der Waals surface area (Å²) in [5.41, 5.74) is 5.55. The number of alkyl halides is 2. The molecule has 0 saturated carbocycles. The van der Waals surface area contributed by atoms with Crippen LogP contribution in [-0.4, -0.2) is 32.2 Å². The van der Waals surface area contributed by atoms with E-state index in [1.807, 2.05) is 0 Å². The summed E-state index contributed by atoms with van der Waals surface area (Å²) in [7, 11) is 1.39. The molecule has 0 aliphatic carbocycles. The van der Waals surface area contributed by atoms with Gasteiger partial charge >= 0.3 is 11.9 Å². The first-order chi connectivity index (χ1) is 9.88. The summed E-state index contributed by atoms with van der Waals surface area (Å²) < 4.78 is 42.5. The summed E-state index contributed by atoms with van der Waals surface area (Å²) in [6, 6.07) is 2.33. The Hall–Kier alpha value is -1.60. The molecule has 0 aliphatic rings. The molecule has 1 aromatic carbocycles. The summed E-state index contributed by atoms with van der Waals surface area (Å²) >= 11 is 0. The molecule has 126 valence electrons. The standard InChI is InChI=1S/C14H19F2NO4.ClH/c1-4-20-10-7-6-9(8-11(10)19-3)12(17)14(15,16)13(18)21-5-2;/h6-8,12H,4-5,17H2,1-3H3;1H/t12-;/m1./s1. The second-order valence-corrected chi connectivity index (χ2v) is 4.16. The highest BCUT2D eigenvalue weighted by molar-refractivity contribution is 5.85. The molecule has 1 aromatic rings. The van der Waals surface area contributed by atoms with E-state index in [1.165, 1.54) is 32.2 Å². The van der Waals surface area contributed by atoms with Gasteiger partial charge in [-0.3, -0.25) is 0 Å². The van der Waals surface area contributed by atoms with Crippen LogP contribution in [0.25, 0.3) is 0 Å². The minimum Gasteiger partial charge on any atom is -0.493 e. The van der Waals surface area contributed by atoms with Gasteiger partial charge in [0.15, 0.2) is 11.5 Å². The van der Waals surface area contributed by atoms with Crippen LogP contribution in [0, 0.1) is 0 Å². The van der Waals surface area contributed by atoms with E-state index in [0.29, 0.717) is 12.4 Å². The fraction of sp³-hybridized carbons (Fsp3) is 0.500. The van der Waals surface area contributed by atoms with Gasteiger partial charge in [0, 0.05) is 0 Å². The van der Waals surface area contributed by atoms with Crippen LogP contribution >= 0.6 is 12.4 Å². The van der Waals surface area contributed by atoms with Crippen LogP contribution in [0.5, 0.6) is 11.5 Å². The average Bonchev–Trinajstić information content (AvgIpc) is 2.47. The zero-order valence-corrected chi connectivity index (χ0v) is 13.4. The molecule has 8 heteroatoms. The van der Waals surface area contributed by atoms with Gasteiger partial charge in [-0.25, -0.2) is 4.79 Å². The second kappa shape index (κ2) is 8.75. The first kappa shape index (κ1) is 20.4. The number of ether oxygens (including phenoxy) is 3. The van der Waals surface area contributed by atoms with Crippen molar-refractivity contribution in [2.24, 2.45) is 5.73 Å². The van der Waals surface area contributed by atoms with Crippen molar-refractivity contribution in [2.45, 2.75) is 25.8 Å². The number of carbonyl (C=O) groups excluding carboxylic acids is 1. The number of benzene rings is 1. The van der Waals surface area contributed by atoms with Crippen LogP contribution in [-0.2, 0) is 9.53 Å². The summed E-state index contributed by atoms with van der Waals surface area (Å²) in [6.07, 6.45) is 0. The van der Waals surface area contributed by atoms with Crippen LogP contribution in [0.3, 0.4) is 0 Å². The molecule has 0 unspecified atom stereocenters. The second-order valence-electron chi connectivity index (χ2n) is 4.16. The molecule has 0 amide bonds. The third-order valence-electron chi connectivity index (χ3n) is 2.78. The van der Waals surface area contributed by atoms with Gasteiger partial charge in [-0.15, -0.1) is 12.4 Å². The molecule has 0 saturated heterocycles. The van der Waals surface area contributed by atoms with Crippen molar-refractivity contribution in [1.29, 1.82) is 0 Å². The molecule has 0 fully saturated rings. The molecule has 0 aliphatic heterocycles. The SMILES string of the molecule is CCOC(=O)C(F)(F)[C@H](N)c1ccc(OCC)c(OC)c1.Cl.